The summed E-state index contributed by atoms with van der Waals surface area (Å²) in [5, 5.41) is 9.12. The monoisotopic (exact) mass is 502 g/mol. The summed E-state index contributed by atoms with van der Waals surface area (Å²) in [5.41, 5.74) is -0.738. The molecule has 0 bridgehead atoms. The minimum Gasteiger partial charge on any atom is -0.489 e. The minimum atomic E-state index is -4.86. The molecule has 0 spiro atoms. The Kier molecular flexibility index (Phi) is 7.37. The van der Waals surface area contributed by atoms with Gasteiger partial charge in [0.2, 0.25) is 5.76 Å². The zero-order chi connectivity index (χ0) is 26.0. The van der Waals surface area contributed by atoms with Crippen molar-refractivity contribution in [1.82, 2.24) is 0 Å². The maximum atomic E-state index is 13.5. The Morgan fingerprint density at radius 2 is 1.66 bits per heavy atom. The number of aliphatic carboxylic acids is 1. The molecule has 1 atom stereocenters. The first-order chi connectivity index (χ1) is 16.3. The van der Waals surface area contributed by atoms with Gasteiger partial charge in [0, 0.05) is 11.1 Å². The van der Waals surface area contributed by atoms with Gasteiger partial charge in [0.25, 0.3) is 0 Å². The lowest BCUT2D eigenvalue weighted by Crippen LogP contribution is -2.26. The number of alkyl halides is 6. The van der Waals surface area contributed by atoms with Crippen molar-refractivity contribution in [1.29, 1.82) is 0 Å². The van der Waals surface area contributed by atoms with Gasteiger partial charge in [-0.05, 0) is 55.3 Å². The van der Waals surface area contributed by atoms with Crippen LogP contribution >= 0.6 is 0 Å². The normalized spacial score (nSPS) is 12.9. The zero-order valence-corrected chi connectivity index (χ0v) is 18.5. The topological polar surface area (TPSA) is 68.9 Å². The summed E-state index contributed by atoms with van der Waals surface area (Å²) in [6.45, 7) is 2.73. The van der Waals surface area contributed by atoms with Gasteiger partial charge in [0.15, 0.2) is 6.10 Å². The molecule has 3 rings (SSSR count). The Labute approximate surface area is 195 Å². The molecule has 11 heteroatoms. The second-order valence-electron chi connectivity index (χ2n) is 7.61. The van der Waals surface area contributed by atoms with Gasteiger partial charge in [-0.15, -0.1) is 0 Å². The largest absolute Gasteiger partial charge is 0.489 e. The molecule has 1 aromatic heterocycles. The molecule has 0 amide bonds. The molecule has 1 unspecified atom stereocenters. The van der Waals surface area contributed by atoms with Crippen LogP contribution in [0.5, 0.6) is 11.5 Å². The van der Waals surface area contributed by atoms with Crippen LogP contribution in [0.15, 0.2) is 52.9 Å². The molecule has 1 N–H and O–H groups in total. The van der Waals surface area contributed by atoms with E-state index in [2.05, 4.69) is 0 Å². The lowest BCUT2D eigenvalue weighted by Gasteiger charge is -2.16. The number of furan rings is 1. The molecule has 1 heterocycles. The van der Waals surface area contributed by atoms with Crippen molar-refractivity contribution in [3.05, 3.63) is 71.0 Å². The highest BCUT2D eigenvalue weighted by Gasteiger charge is 2.39. The smallest absolute Gasteiger partial charge is 0.449 e. The molecule has 0 saturated carbocycles. The summed E-state index contributed by atoms with van der Waals surface area (Å²) in [5.74, 6) is -2.23. The van der Waals surface area contributed by atoms with Crippen LogP contribution < -0.4 is 9.47 Å². The van der Waals surface area contributed by atoms with Gasteiger partial charge in [0.05, 0.1) is 5.56 Å². The van der Waals surface area contributed by atoms with Gasteiger partial charge in [0.1, 0.15) is 23.9 Å². The van der Waals surface area contributed by atoms with Gasteiger partial charge >= 0.3 is 18.3 Å². The first kappa shape index (κ1) is 26.0. The van der Waals surface area contributed by atoms with E-state index < -0.39 is 42.4 Å². The maximum absolute atomic E-state index is 13.5. The average Bonchev–Trinajstić information content (AvgIpc) is 3.21. The van der Waals surface area contributed by atoms with Crippen LogP contribution in [0.2, 0.25) is 0 Å². The third kappa shape index (κ3) is 6.28. The van der Waals surface area contributed by atoms with Crippen molar-refractivity contribution in [2.24, 2.45) is 0 Å². The van der Waals surface area contributed by atoms with Crippen LogP contribution in [0, 0.1) is 6.92 Å². The second-order valence-corrected chi connectivity index (χ2v) is 7.61. The van der Waals surface area contributed by atoms with Gasteiger partial charge in [-0.1, -0.05) is 19.1 Å². The Morgan fingerprint density at radius 3 is 2.17 bits per heavy atom. The van der Waals surface area contributed by atoms with Crippen molar-refractivity contribution in [2.75, 3.05) is 0 Å². The lowest BCUT2D eigenvalue weighted by atomic mass is 10.1. The third-order valence-corrected chi connectivity index (χ3v) is 5.02. The first-order valence-corrected chi connectivity index (χ1v) is 10.3. The third-order valence-electron chi connectivity index (χ3n) is 5.02. The number of hydrogen-bond acceptors (Lipinski definition) is 4. The fraction of sp³-hybridized carbons (Fsp3) is 0.292. The summed E-state index contributed by atoms with van der Waals surface area (Å²) in [7, 11) is 0. The Balaban J connectivity index is 1.81. The molecule has 5 nitrogen and oxygen atoms in total. The van der Waals surface area contributed by atoms with Crippen LogP contribution in [0.1, 0.15) is 35.8 Å². The van der Waals surface area contributed by atoms with Crippen molar-refractivity contribution in [2.45, 2.75) is 45.3 Å². The number of rotatable bonds is 8. The Bertz CT molecular complexity index is 1180. The predicted molar refractivity (Wildman–Crippen MR) is 112 cm³/mol. The molecule has 35 heavy (non-hydrogen) atoms. The molecule has 0 aliphatic rings. The van der Waals surface area contributed by atoms with E-state index >= 15 is 0 Å². The highest BCUT2D eigenvalue weighted by atomic mass is 19.4. The van der Waals surface area contributed by atoms with Crippen LogP contribution in [0.25, 0.3) is 11.3 Å². The summed E-state index contributed by atoms with van der Waals surface area (Å²) in [6.07, 6.45) is -10.3. The zero-order valence-electron chi connectivity index (χ0n) is 18.5. The number of aryl methyl sites for hydroxylation is 1. The predicted octanol–water partition coefficient (Wildman–Crippen LogP) is 7.11. The molecule has 0 aliphatic heterocycles. The maximum Gasteiger partial charge on any atom is 0.449 e. The first-order valence-electron chi connectivity index (χ1n) is 10.3. The van der Waals surface area contributed by atoms with Crippen molar-refractivity contribution in [3.63, 3.8) is 0 Å². The van der Waals surface area contributed by atoms with E-state index in [1.807, 2.05) is 0 Å². The van der Waals surface area contributed by atoms with Crippen LogP contribution in [0.4, 0.5) is 26.3 Å². The lowest BCUT2D eigenvalue weighted by molar-refractivity contribution is -0.153. The van der Waals surface area contributed by atoms with E-state index in [1.54, 1.807) is 13.8 Å². The molecule has 188 valence electrons. The van der Waals surface area contributed by atoms with Crippen molar-refractivity contribution >= 4 is 5.97 Å². The van der Waals surface area contributed by atoms with E-state index in [0.29, 0.717) is 5.56 Å². The number of carbonyl (C=O) groups is 1. The Hall–Kier alpha value is -3.63. The highest BCUT2D eigenvalue weighted by molar-refractivity contribution is 5.72. The van der Waals surface area contributed by atoms with Crippen LogP contribution in [0.3, 0.4) is 0 Å². The molecule has 0 saturated heterocycles. The van der Waals surface area contributed by atoms with E-state index in [9.17, 15) is 31.1 Å². The molecular formula is C24H20F6O5. The number of ether oxygens (including phenoxy) is 2. The van der Waals surface area contributed by atoms with E-state index in [1.165, 1.54) is 18.2 Å². The quantitative estimate of drug-likeness (QED) is 0.333. The van der Waals surface area contributed by atoms with E-state index in [-0.39, 0.29) is 34.8 Å². The number of carboxylic acid groups (broad SMARTS) is 1. The van der Waals surface area contributed by atoms with Gasteiger partial charge in [-0.25, -0.2) is 4.79 Å². The summed E-state index contributed by atoms with van der Waals surface area (Å²) in [6, 6.07) is 8.96. The van der Waals surface area contributed by atoms with E-state index in [4.69, 9.17) is 19.0 Å². The molecular weight excluding hydrogens is 482 g/mol. The van der Waals surface area contributed by atoms with Gasteiger partial charge in [-0.3, -0.25) is 0 Å². The molecule has 2 aromatic carbocycles. The van der Waals surface area contributed by atoms with E-state index in [0.717, 1.165) is 30.3 Å². The van der Waals surface area contributed by atoms with Crippen molar-refractivity contribution < 1.29 is 50.1 Å². The highest BCUT2D eigenvalue weighted by Crippen LogP contribution is 2.39. The Morgan fingerprint density at radius 1 is 1.00 bits per heavy atom. The van der Waals surface area contributed by atoms with Crippen molar-refractivity contribution in [3.8, 4) is 22.8 Å². The summed E-state index contributed by atoms with van der Waals surface area (Å²) >= 11 is 0. The number of benzene rings is 2. The van der Waals surface area contributed by atoms with Gasteiger partial charge in [-0.2, -0.15) is 26.3 Å². The standard InChI is InChI=1S/C24H20F6O5/c1-3-18(22(31)32)34-19-9-8-17(10-13(19)2)33-12-15-11-20(35-21(15)24(28,29)30)14-4-6-16(7-5-14)23(25,26)27/h4-11,18H,3,12H2,1-2H3,(H,31,32). The van der Waals surface area contributed by atoms with Crippen LogP contribution in [-0.2, 0) is 23.8 Å². The molecule has 0 radical (unpaired) electrons. The second kappa shape index (κ2) is 9.93. The van der Waals surface area contributed by atoms with Crippen LogP contribution in [-0.4, -0.2) is 17.2 Å². The fourth-order valence-electron chi connectivity index (χ4n) is 3.21. The minimum absolute atomic E-state index is 0.0380. The molecule has 0 fully saturated rings. The fourth-order valence-corrected chi connectivity index (χ4v) is 3.21. The average molecular weight is 502 g/mol. The summed E-state index contributed by atoms with van der Waals surface area (Å²) in [4.78, 5) is 11.2. The summed E-state index contributed by atoms with van der Waals surface area (Å²) < 4.78 is 94.6. The number of hydrogen-bond donors (Lipinski definition) is 1. The molecule has 0 aliphatic carbocycles. The van der Waals surface area contributed by atoms with Gasteiger partial charge < -0.3 is 19.0 Å². The number of halogens is 6. The SMILES string of the molecule is CCC(Oc1ccc(OCc2cc(-c3ccc(C(F)(F)F)cc3)oc2C(F)(F)F)cc1C)C(=O)O. The number of carboxylic acids is 1. The molecule has 3 aromatic rings.